The van der Waals surface area contributed by atoms with Gasteiger partial charge in [0.1, 0.15) is 5.15 Å². The lowest BCUT2D eigenvalue weighted by Crippen LogP contribution is -1.94. The molecule has 0 aliphatic heterocycles. The summed E-state index contributed by atoms with van der Waals surface area (Å²) in [6.45, 7) is 0. The summed E-state index contributed by atoms with van der Waals surface area (Å²) >= 11 is 7.32. The Hall–Kier alpha value is -0.740. The van der Waals surface area contributed by atoms with Crippen LogP contribution in [0.4, 0.5) is 0 Å². The molecule has 0 aliphatic rings. The molecule has 0 saturated carbocycles. The van der Waals surface area contributed by atoms with E-state index in [1.807, 2.05) is 12.3 Å². The molecule has 2 aromatic rings. The van der Waals surface area contributed by atoms with Crippen molar-refractivity contribution >= 4 is 28.9 Å². The Kier molecular flexibility index (Phi) is 1.94. The van der Waals surface area contributed by atoms with Crippen molar-refractivity contribution in [3.8, 4) is 0 Å². The van der Waals surface area contributed by atoms with Crippen LogP contribution in [0.3, 0.4) is 0 Å². The van der Waals surface area contributed by atoms with E-state index in [4.69, 9.17) is 11.6 Å². The number of thioether (sulfide) groups is 1. The Morgan fingerprint density at radius 1 is 1.58 bits per heavy atom. The number of halogens is 1. The molecule has 2 heterocycles. The van der Waals surface area contributed by atoms with Crippen LogP contribution < -0.4 is 0 Å². The van der Waals surface area contributed by atoms with Gasteiger partial charge in [-0.3, -0.25) is 0 Å². The minimum absolute atomic E-state index is 0.507. The van der Waals surface area contributed by atoms with Gasteiger partial charge in [0.05, 0.1) is 11.7 Å². The minimum atomic E-state index is 0.507. The van der Waals surface area contributed by atoms with Crippen molar-refractivity contribution in [1.82, 2.24) is 14.6 Å². The van der Waals surface area contributed by atoms with Gasteiger partial charge in [-0.2, -0.15) is 5.10 Å². The summed E-state index contributed by atoms with van der Waals surface area (Å²) in [6, 6.07) is 3.68. The highest BCUT2D eigenvalue weighted by atomic mass is 35.5. The van der Waals surface area contributed by atoms with Gasteiger partial charge in [-0.15, -0.1) is 0 Å². The minimum Gasteiger partial charge on any atom is -0.211 e. The topological polar surface area (TPSA) is 30.2 Å². The molecule has 5 heteroatoms. The zero-order valence-corrected chi connectivity index (χ0v) is 7.93. The molecule has 0 radical (unpaired) electrons. The number of nitrogens with zero attached hydrogens (tertiary/aromatic N) is 3. The predicted molar refractivity (Wildman–Crippen MR) is 49.8 cm³/mol. The van der Waals surface area contributed by atoms with Gasteiger partial charge in [0, 0.05) is 6.07 Å². The number of hydrogen-bond acceptors (Lipinski definition) is 3. The summed E-state index contributed by atoms with van der Waals surface area (Å²) in [5.41, 5.74) is 0.972. The van der Waals surface area contributed by atoms with Gasteiger partial charge in [0.2, 0.25) is 0 Å². The molecule has 2 aromatic heterocycles. The fourth-order valence-corrected chi connectivity index (χ4v) is 1.76. The van der Waals surface area contributed by atoms with E-state index in [9.17, 15) is 0 Å². The van der Waals surface area contributed by atoms with Crippen LogP contribution in [0.2, 0.25) is 5.15 Å². The third-order valence-electron chi connectivity index (χ3n) is 1.51. The lowest BCUT2D eigenvalue weighted by Gasteiger charge is -1.99. The second kappa shape index (κ2) is 2.95. The maximum atomic E-state index is 5.79. The summed E-state index contributed by atoms with van der Waals surface area (Å²) in [7, 11) is 0. The lowest BCUT2D eigenvalue weighted by molar-refractivity contribution is 0.796. The van der Waals surface area contributed by atoms with E-state index in [-0.39, 0.29) is 0 Å². The van der Waals surface area contributed by atoms with Crippen molar-refractivity contribution < 1.29 is 0 Å². The van der Waals surface area contributed by atoms with E-state index < -0.39 is 0 Å². The normalized spacial score (nSPS) is 10.8. The molecular weight excluding hydrogens is 194 g/mol. The van der Waals surface area contributed by atoms with Gasteiger partial charge >= 0.3 is 0 Å². The van der Waals surface area contributed by atoms with E-state index in [1.165, 1.54) is 11.8 Å². The van der Waals surface area contributed by atoms with Crippen LogP contribution in [-0.2, 0) is 0 Å². The average Bonchev–Trinajstić information content (AvgIpc) is 2.50. The SMILES string of the molecule is CSc1nc(Cl)cc2ccnn12. The fraction of sp³-hybridized carbons (Fsp3) is 0.143. The van der Waals surface area contributed by atoms with E-state index in [0.29, 0.717) is 5.15 Å². The number of hydrogen-bond donors (Lipinski definition) is 0. The quantitative estimate of drug-likeness (QED) is 0.400. The average molecular weight is 200 g/mol. The number of rotatable bonds is 1. The van der Waals surface area contributed by atoms with Gasteiger partial charge in [0.25, 0.3) is 0 Å². The van der Waals surface area contributed by atoms with E-state index >= 15 is 0 Å². The smallest absolute Gasteiger partial charge is 0.190 e. The Labute approximate surface area is 78.7 Å². The molecule has 0 unspecified atom stereocenters. The molecule has 0 N–H and O–H groups in total. The Morgan fingerprint density at radius 2 is 2.42 bits per heavy atom. The Balaban J connectivity index is 2.80. The zero-order chi connectivity index (χ0) is 8.55. The zero-order valence-electron chi connectivity index (χ0n) is 6.36. The molecule has 2 rings (SSSR count). The highest BCUT2D eigenvalue weighted by molar-refractivity contribution is 7.98. The second-order valence-electron chi connectivity index (χ2n) is 2.23. The number of aromatic nitrogens is 3. The lowest BCUT2D eigenvalue weighted by atomic mass is 10.5. The molecule has 12 heavy (non-hydrogen) atoms. The summed E-state index contributed by atoms with van der Waals surface area (Å²) in [5.74, 6) is 0. The summed E-state index contributed by atoms with van der Waals surface area (Å²) < 4.78 is 1.76. The largest absolute Gasteiger partial charge is 0.211 e. The predicted octanol–water partition coefficient (Wildman–Crippen LogP) is 2.10. The first-order valence-electron chi connectivity index (χ1n) is 3.35. The van der Waals surface area contributed by atoms with Crippen molar-refractivity contribution in [2.45, 2.75) is 5.16 Å². The van der Waals surface area contributed by atoms with E-state index in [2.05, 4.69) is 10.1 Å². The summed E-state index contributed by atoms with van der Waals surface area (Å²) in [4.78, 5) is 4.12. The van der Waals surface area contributed by atoms with Gasteiger partial charge < -0.3 is 0 Å². The Morgan fingerprint density at radius 3 is 3.17 bits per heavy atom. The molecule has 0 amide bonds. The van der Waals surface area contributed by atoms with E-state index in [0.717, 1.165) is 10.7 Å². The van der Waals surface area contributed by atoms with Crippen LogP contribution in [0.25, 0.3) is 5.52 Å². The monoisotopic (exact) mass is 199 g/mol. The molecule has 0 fully saturated rings. The van der Waals surface area contributed by atoms with Crippen molar-refractivity contribution in [3.05, 3.63) is 23.5 Å². The summed E-state index contributed by atoms with van der Waals surface area (Å²) in [5, 5.41) is 5.42. The molecule has 0 atom stereocenters. The van der Waals surface area contributed by atoms with Crippen molar-refractivity contribution in [2.75, 3.05) is 6.26 Å². The maximum absolute atomic E-state index is 5.79. The van der Waals surface area contributed by atoms with Gasteiger partial charge in [0.15, 0.2) is 5.16 Å². The third kappa shape index (κ3) is 1.17. The van der Waals surface area contributed by atoms with Crippen molar-refractivity contribution in [1.29, 1.82) is 0 Å². The first-order valence-corrected chi connectivity index (χ1v) is 4.96. The highest BCUT2D eigenvalue weighted by Gasteiger charge is 2.02. The van der Waals surface area contributed by atoms with Crippen LogP contribution in [0.1, 0.15) is 0 Å². The third-order valence-corrected chi connectivity index (χ3v) is 2.33. The van der Waals surface area contributed by atoms with Gasteiger partial charge in [-0.05, 0) is 12.3 Å². The van der Waals surface area contributed by atoms with Crippen molar-refractivity contribution in [2.24, 2.45) is 0 Å². The van der Waals surface area contributed by atoms with Crippen LogP contribution in [0, 0.1) is 0 Å². The molecule has 0 aliphatic carbocycles. The molecule has 62 valence electrons. The number of fused-ring (bicyclic) bond motifs is 1. The molecule has 0 saturated heterocycles. The van der Waals surface area contributed by atoms with Gasteiger partial charge in [-0.25, -0.2) is 9.50 Å². The van der Waals surface area contributed by atoms with Crippen molar-refractivity contribution in [3.63, 3.8) is 0 Å². The molecular formula is C7H6ClN3S. The van der Waals surface area contributed by atoms with Crippen LogP contribution in [0.15, 0.2) is 23.5 Å². The summed E-state index contributed by atoms with van der Waals surface area (Å²) in [6.07, 6.45) is 3.67. The fourth-order valence-electron chi connectivity index (χ4n) is 1.01. The first-order chi connectivity index (χ1) is 5.81. The van der Waals surface area contributed by atoms with Crippen LogP contribution >= 0.6 is 23.4 Å². The standard InChI is InChI=1S/C7H6ClN3S/c1-12-7-10-6(8)4-5-2-3-9-11(5)7/h2-4H,1H3. The Bertz CT molecular complexity index is 412. The highest BCUT2D eigenvalue weighted by Crippen LogP contribution is 2.17. The first kappa shape index (κ1) is 7.89. The molecule has 0 aromatic carbocycles. The van der Waals surface area contributed by atoms with Gasteiger partial charge in [-0.1, -0.05) is 23.4 Å². The second-order valence-corrected chi connectivity index (χ2v) is 3.39. The maximum Gasteiger partial charge on any atom is 0.190 e. The molecule has 3 nitrogen and oxygen atoms in total. The molecule has 0 spiro atoms. The van der Waals surface area contributed by atoms with Crippen LogP contribution in [0.5, 0.6) is 0 Å². The van der Waals surface area contributed by atoms with Crippen LogP contribution in [-0.4, -0.2) is 20.9 Å². The van der Waals surface area contributed by atoms with E-state index in [1.54, 1.807) is 16.8 Å². The molecule has 0 bridgehead atoms.